The lowest BCUT2D eigenvalue weighted by Gasteiger charge is -2.23. The van der Waals surface area contributed by atoms with E-state index in [9.17, 15) is 19.5 Å². The van der Waals surface area contributed by atoms with Crippen LogP contribution in [0.4, 0.5) is 0 Å². The second-order valence-corrected chi connectivity index (χ2v) is 7.73. The Morgan fingerprint density at radius 1 is 0.781 bits per heavy atom. The Bertz CT molecular complexity index is 861. The normalized spacial score (nSPS) is 13.6. The zero-order chi connectivity index (χ0) is 23.3. The molecule has 0 aliphatic heterocycles. The molecule has 0 heterocycles. The number of carboxylic acid groups (broad SMARTS) is 1. The van der Waals surface area contributed by atoms with Crippen LogP contribution in [0.2, 0.25) is 0 Å². The highest BCUT2D eigenvalue weighted by atomic mass is 16.4. The van der Waals surface area contributed by atoms with Crippen LogP contribution in [0.15, 0.2) is 60.7 Å². The Hall–Kier alpha value is -3.23. The average Bonchev–Trinajstić information content (AvgIpc) is 2.79. The first-order valence-electron chi connectivity index (χ1n) is 10.8. The number of carbonyl (C=O) groups is 3. The Balaban J connectivity index is 2.03. The molecule has 2 aromatic carbocycles. The van der Waals surface area contributed by atoms with Crippen molar-refractivity contribution in [1.29, 1.82) is 0 Å². The highest BCUT2D eigenvalue weighted by molar-refractivity contribution is 5.91. The number of nitrogens with one attached hydrogen (secondary N) is 2. The van der Waals surface area contributed by atoms with Gasteiger partial charge in [0.1, 0.15) is 12.1 Å². The van der Waals surface area contributed by atoms with E-state index in [1.54, 1.807) is 24.3 Å². The summed E-state index contributed by atoms with van der Waals surface area (Å²) in [6.07, 6.45) is 2.10. The van der Waals surface area contributed by atoms with E-state index in [2.05, 4.69) is 10.6 Å². The number of carbonyl (C=O) groups excluding carboxylic acids is 2. The first-order valence-corrected chi connectivity index (χ1v) is 10.8. The summed E-state index contributed by atoms with van der Waals surface area (Å²) in [4.78, 5) is 37.3. The minimum absolute atomic E-state index is 0.138. The largest absolute Gasteiger partial charge is 0.480 e. The van der Waals surface area contributed by atoms with Gasteiger partial charge in [-0.2, -0.15) is 0 Å². The second kappa shape index (κ2) is 13.2. The SMILES string of the molecule is NCCCC[C@@H](NC(=O)C(N)Cc1ccccc1)C(=O)NC(Cc1ccccc1)C(=O)O. The van der Waals surface area contributed by atoms with Crippen LogP contribution in [0.5, 0.6) is 0 Å². The van der Waals surface area contributed by atoms with Crippen molar-refractivity contribution in [3.8, 4) is 0 Å². The summed E-state index contributed by atoms with van der Waals surface area (Å²) in [6, 6.07) is 15.5. The van der Waals surface area contributed by atoms with Gasteiger partial charge in [0.2, 0.25) is 11.8 Å². The Kier molecular flexibility index (Phi) is 10.4. The van der Waals surface area contributed by atoms with Gasteiger partial charge in [-0.1, -0.05) is 60.7 Å². The molecule has 8 heteroatoms. The molecule has 2 unspecified atom stereocenters. The number of benzene rings is 2. The second-order valence-electron chi connectivity index (χ2n) is 7.73. The van der Waals surface area contributed by atoms with E-state index in [4.69, 9.17) is 11.5 Å². The van der Waals surface area contributed by atoms with Crippen LogP contribution in [-0.4, -0.2) is 47.6 Å². The number of unbranched alkanes of at least 4 members (excludes halogenated alkanes) is 1. The summed E-state index contributed by atoms with van der Waals surface area (Å²) in [5.41, 5.74) is 13.3. The minimum Gasteiger partial charge on any atom is -0.480 e. The molecule has 0 radical (unpaired) electrons. The fourth-order valence-electron chi connectivity index (χ4n) is 3.32. The molecule has 0 fully saturated rings. The standard InChI is InChI=1S/C24H32N4O4/c25-14-8-7-13-20(27-22(29)19(26)15-17-9-3-1-4-10-17)23(30)28-21(24(31)32)16-18-11-5-2-6-12-18/h1-6,9-12,19-21H,7-8,13-16,25-26H2,(H,27,29)(H,28,30)(H,31,32)/t19?,20-,21?/m1/s1. The van der Waals surface area contributed by atoms with Crippen molar-refractivity contribution < 1.29 is 19.5 Å². The van der Waals surface area contributed by atoms with Crippen molar-refractivity contribution in [3.63, 3.8) is 0 Å². The molecule has 0 bridgehead atoms. The molecule has 2 amide bonds. The Morgan fingerprint density at radius 3 is 1.84 bits per heavy atom. The van der Waals surface area contributed by atoms with Crippen molar-refractivity contribution >= 4 is 17.8 Å². The summed E-state index contributed by atoms with van der Waals surface area (Å²) in [5, 5.41) is 14.8. The van der Waals surface area contributed by atoms with Crippen molar-refractivity contribution in [1.82, 2.24) is 10.6 Å². The molecule has 172 valence electrons. The van der Waals surface area contributed by atoms with E-state index < -0.39 is 35.9 Å². The van der Waals surface area contributed by atoms with Crippen LogP contribution in [0.1, 0.15) is 30.4 Å². The predicted molar refractivity (Wildman–Crippen MR) is 123 cm³/mol. The third-order valence-electron chi connectivity index (χ3n) is 5.11. The minimum atomic E-state index is -1.14. The molecule has 0 spiro atoms. The highest BCUT2D eigenvalue weighted by Crippen LogP contribution is 2.07. The first-order chi connectivity index (χ1) is 15.4. The van der Waals surface area contributed by atoms with Crippen molar-refractivity contribution in [2.45, 2.75) is 50.2 Å². The van der Waals surface area contributed by atoms with Crippen LogP contribution in [0, 0.1) is 0 Å². The third kappa shape index (κ3) is 8.49. The molecule has 7 N–H and O–H groups in total. The zero-order valence-corrected chi connectivity index (χ0v) is 18.1. The number of aliphatic carboxylic acids is 1. The van der Waals surface area contributed by atoms with E-state index in [0.717, 1.165) is 11.1 Å². The number of hydrogen-bond donors (Lipinski definition) is 5. The van der Waals surface area contributed by atoms with Crippen LogP contribution in [0.25, 0.3) is 0 Å². The smallest absolute Gasteiger partial charge is 0.326 e. The van der Waals surface area contributed by atoms with Gasteiger partial charge >= 0.3 is 5.97 Å². The predicted octanol–water partition coefficient (Wildman–Crippen LogP) is 0.982. The van der Waals surface area contributed by atoms with Gasteiger partial charge in [0.15, 0.2) is 0 Å². The molecular formula is C24H32N4O4. The lowest BCUT2D eigenvalue weighted by molar-refractivity contribution is -0.142. The van der Waals surface area contributed by atoms with Gasteiger partial charge in [-0.05, 0) is 43.4 Å². The van der Waals surface area contributed by atoms with E-state index in [1.807, 2.05) is 36.4 Å². The summed E-state index contributed by atoms with van der Waals surface area (Å²) < 4.78 is 0. The molecule has 32 heavy (non-hydrogen) atoms. The summed E-state index contributed by atoms with van der Waals surface area (Å²) in [7, 11) is 0. The molecule has 2 rings (SSSR count). The number of carboxylic acids is 1. The summed E-state index contributed by atoms with van der Waals surface area (Å²) >= 11 is 0. The van der Waals surface area contributed by atoms with Gasteiger partial charge in [-0.3, -0.25) is 9.59 Å². The van der Waals surface area contributed by atoms with Gasteiger partial charge in [-0.25, -0.2) is 4.79 Å². The van der Waals surface area contributed by atoms with Crippen LogP contribution >= 0.6 is 0 Å². The molecule has 2 aromatic rings. The molecular weight excluding hydrogens is 408 g/mol. The van der Waals surface area contributed by atoms with Gasteiger partial charge in [-0.15, -0.1) is 0 Å². The number of hydrogen-bond acceptors (Lipinski definition) is 5. The third-order valence-corrected chi connectivity index (χ3v) is 5.11. The molecule has 3 atom stereocenters. The average molecular weight is 441 g/mol. The molecule has 0 aromatic heterocycles. The van der Waals surface area contributed by atoms with E-state index in [-0.39, 0.29) is 6.42 Å². The molecule has 0 saturated carbocycles. The highest BCUT2D eigenvalue weighted by Gasteiger charge is 2.28. The lowest BCUT2D eigenvalue weighted by Crippen LogP contribution is -2.55. The van der Waals surface area contributed by atoms with E-state index >= 15 is 0 Å². The van der Waals surface area contributed by atoms with Crippen molar-refractivity contribution in [2.24, 2.45) is 11.5 Å². The van der Waals surface area contributed by atoms with Crippen molar-refractivity contribution in [3.05, 3.63) is 71.8 Å². The Labute approximate surface area is 188 Å². The number of rotatable bonds is 13. The number of nitrogens with two attached hydrogens (primary N) is 2. The lowest BCUT2D eigenvalue weighted by atomic mass is 10.0. The fraction of sp³-hybridized carbons (Fsp3) is 0.375. The number of amides is 2. The summed E-state index contributed by atoms with van der Waals surface area (Å²) in [6.45, 7) is 0.460. The fourth-order valence-corrected chi connectivity index (χ4v) is 3.32. The molecule has 0 aliphatic rings. The first kappa shape index (κ1) is 25.0. The van der Waals surface area contributed by atoms with Crippen LogP contribution in [-0.2, 0) is 27.2 Å². The summed E-state index contributed by atoms with van der Waals surface area (Å²) in [5.74, 6) is -2.16. The maximum Gasteiger partial charge on any atom is 0.326 e. The monoisotopic (exact) mass is 440 g/mol. The van der Waals surface area contributed by atoms with Gasteiger partial charge in [0.05, 0.1) is 6.04 Å². The van der Waals surface area contributed by atoms with E-state index in [1.165, 1.54) is 0 Å². The maximum absolute atomic E-state index is 12.9. The quantitative estimate of drug-likeness (QED) is 0.293. The molecule has 0 aliphatic carbocycles. The Morgan fingerprint density at radius 2 is 1.31 bits per heavy atom. The van der Waals surface area contributed by atoms with E-state index in [0.29, 0.717) is 32.2 Å². The van der Waals surface area contributed by atoms with Gasteiger partial charge < -0.3 is 27.2 Å². The zero-order valence-electron chi connectivity index (χ0n) is 18.1. The van der Waals surface area contributed by atoms with Gasteiger partial charge in [0.25, 0.3) is 0 Å². The van der Waals surface area contributed by atoms with Crippen LogP contribution < -0.4 is 22.1 Å². The van der Waals surface area contributed by atoms with Crippen LogP contribution in [0.3, 0.4) is 0 Å². The van der Waals surface area contributed by atoms with Crippen molar-refractivity contribution in [2.75, 3.05) is 6.54 Å². The molecule has 0 saturated heterocycles. The maximum atomic E-state index is 12.9. The topological polar surface area (TPSA) is 148 Å². The van der Waals surface area contributed by atoms with Gasteiger partial charge in [0, 0.05) is 6.42 Å². The molecule has 8 nitrogen and oxygen atoms in total.